The standard InChI is InChI=1S/C26H27F2N5O/c1-17-4-7-21(20-14-29-33(15-20)16-25(2)8-10-26(27,28)11-9-25)24(30-17)19-6-5-18-13-23(34-3)32-31-22(18)12-19/h4-7,12-15H,8-11,16H2,1-3H3. The van der Waals surface area contributed by atoms with Crippen molar-refractivity contribution in [3.8, 4) is 28.3 Å². The second kappa shape index (κ2) is 8.42. The van der Waals surface area contributed by atoms with Crippen molar-refractivity contribution in [2.24, 2.45) is 5.41 Å². The van der Waals surface area contributed by atoms with Gasteiger partial charge in [-0.3, -0.25) is 9.67 Å². The second-order valence-corrected chi connectivity index (χ2v) is 9.60. The normalized spacial score (nSPS) is 17.1. The number of fused-ring (bicyclic) bond motifs is 1. The van der Waals surface area contributed by atoms with Crippen molar-refractivity contribution in [1.82, 2.24) is 25.0 Å². The molecule has 0 radical (unpaired) electrons. The first-order valence-electron chi connectivity index (χ1n) is 11.4. The zero-order valence-corrected chi connectivity index (χ0v) is 19.6. The van der Waals surface area contributed by atoms with Crippen LogP contribution in [0.3, 0.4) is 0 Å². The predicted octanol–water partition coefficient (Wildman–Crippen LogP) is 6.09. The van der Waals surface area contributed by atoms with Crippen LogP contribution in [0.15, 0.2) is 48.8 Å². The summed E-state index contributed by atoms with van der Waals surface area (Å²) in [6.45, 7) is 4.65. The lowest BCUT2D eigenvalue weighted by Crippen LogP contribution is -2.34. The molecule has 0 bridgehead atoms. The lowest BCUT2D eigenvalue weighted by atomic mass is 9.74. The van der Waals surface area contributed by atoms with E-state index in [1.807, 2.05) is 60.4 Å². The smallest absolute Gasteiger partial charge is 0.248 e. The van der Waals surface area contributed by atoms with Gasteiger partial charge >= 0.3 is 0 Å². The van der Waals surface area contributed by atoms with E-state index in [1.54, 1.807) is 7.11 Å². The summed E-state index contributed by atoms with van der Waals surface area (Å²) in [5, 5.41) is 13.9. The van der Waals surface area contributed by atoms with E-state index in [2.05, 4.69) is 22.2 Å². The number of nitrogens with zero attached hydrogens (tertiary/aromatic N) is 5. The van der Waals surface area contributed by atoms with Gasteiger partial charge in [-0.2, -0.15) is 5.10 Å². The molecular weight excluding hydrogens is 436 g/mol. The molecule has 176 valence electrons. The van der Waals surface area contributed by atoms with Gasteiger partial charge in [0.05, 0.1) is 24.5 Å². The quantitative estimate of drug-likeness (QED) is 0.358. The van der Waals surface area contributed by atoms with Gasteiger partial charge in [0, 0.05) is 59.4 Å². The zero-order chi connectivity index (χ0) is 23.9. The Labute approximate surface area is 197 Å². The molecule has 0 saturated heterocycles. The van der Waals surface area contributed by atoms with E-state index >= 15 is 0 Å². The fourth-order valence-corrected chi connectivity index (χ4v) is 4.63. The van der Waals surface area contributed by atoms with Crippen molar-refractivity contribution in [1.29, 1.82) is 0 Å². The molecule has 6 nitrogen and oxygen atoms in total. The predicted molar refractivity (Wildman–Crippen MR) is 127 cm³/mol. The van der Waals surface area contributed by atoms with Crippen molar-refractivity contribution in [2.45, 2.75) is 52.0 Å². The number of halogens is 2. The van der Waals surface area contributed by atoms with Gasteiger partial charge in [0.15, 0.2) is 0 Å². The number of rotatable bonds is 5. The first-order chi connectivity index (χ1) is 16.2. The molecule has 0 unspecified atom stereocenters. The minimum absolute atomic E-state index is 0.0552. The van der Waals surface area contributed by atoms with Crippen molar-refractivity contribution in [3.05, 3.63) is 54.5 Å². The molecule has 5 rings (SSSR count). The van der Waals surface area contributed by atoms with Crippen LogP contribution >= 0.6 is 0 Å². The summed E-state index contributed by atoms with van der Waals surface area (Å²) in [4.78, 5) is 4.82. The number of benzene rings is 1. The van der Waals surface area contributed by atoms with Crippen molar-refractivity contribution in [2.75, 3.05) is 7.11 Å². The molecule has 4 aromatic rings. The van der Waals surface area contributed by atoms with E-state index in [0.29, 0.717) is 25.3 Å². The minimum Gasteiger partial charge on any atom is -0.480 e. The number of methoxy groups -OCH3 is 1. The van der Waals surface area contributed by atoms with Crippen molar-refractivity contribution >= 4 is 10.9 Å². The van der Waals surface area contributed by atoms with E-state index in [9.17, 15) is 8.78 Å². The Balaban J connectivity index is 1.46. The van der Waals surface area contributed by atoms with Crippen LogP contribution in [-0.4, -0.2) is 38.0 Å². The molecule has 3 heterocycles. The van der Waals surface area contributed by atoms with E-state index in [-0.39, 0.29) is 18.3 Å². The van der Waals surface area contributed by atoms with Gasteiger partial charge < -0.3 is 4.74 Å². The lowest BCUT2D eigenvalue weighted by molar-refractivity contribution is -0.0671. The van der Waals surface area contributed by atoms with E-state index in [0.717, 1.165) is 39.0 Å². The molecule has 1 aliphatic rings. The molecule has 0 spiro atoms. The topological polar surface area (TPSA) is 65.7 Å². The monoisotopic (exact) mass is 463 g/mol. The third kappa shape index (κ3) is 4.49. The van der Waals surface area contributed by atoms with Gasteiger partial charge in [0.25, 0.3) is 0 Å². The Hall–Kier alpha value is -3.42. The molecule has 8 heteroatoms. The molecule has 34 heavy (non-hydrogen) atoms. The number of aryl methyl sites for hydroxylation is 1. The van der Waals surface area contributed by atoms with Crippen LogP contribution in [0.5, 0.6) is 5.88 Å². The average molecular weight is 464 g/mol. The van der Waals surface area contributed by atoms with Gasteiger partial charge in [-0.15, -0.1) is 10.2 Å². The van der Waals surface area contributed by atoms with Crippen LogP contribution in [0, 0.1) is 12.3 Å². The SMILES string of the molecule is COc1cc2ccc(-c3nc(C)ccc3-c3cnn(CC4(C)CCC(F)(F)CC4)c3)cc2nn1. The molecular formula is C26H27F2N5O. The Kier molecular flexibility index (Phi) is 5.54. The number of hydrogen-bond acceptors (Lipinski definition) is 5. The zero-order valence-electron chi connectivity index (χ0n) is 19.6. The van der Waals surface area contributed by atoms with Gasteiger partial charge in [-0.25, -0.2) is 8.78 Å². The minimum atomic E-state index is -2.54. The number of alkyl halides is 2. The van der Waals surface area contributed by atoms with Gasteiger partial charge in [0.2, 0.25) is 11.8 Å². The summed E-state index contributed by atoms with van der Waals surface area (Å²) in [5.74, 6) is -2.07. The Morgan fingerprint density at radius 2 is 1.79 bits per heavy atom. The van der Waals surface area contributed by atoms with Crippen LogP contribution in [0.2, 0.25) is 0 Å². The highest BCUT2D eigenvalue weighted by Gasteiger charge is 2.41. The molecule has 1 aromatic carbocycles. The van der Waals surface area contributed by atoms with Crippen molar-refractivity contribution < 1.29 is 13.5 Å². The fraction of sp³-hybridized carbons (Fsp3) is 0.385. The Morgan fingerprint density at radius 1 is 1.00 bits per heavy atom. The highest BCUT2D eigenvalue weighted by Crippen LogP contribution is 2.44. The Morgan fingerprint density at radius 3 is 2.56 bits per heavy atom. The van der Waals surface area contributed by atoms with Crippen LogP contribution in [0.25, 0.3) is 33.3 Å². The summed E-state index contributed by atoms with van der Waals surface area (Å²) in [7, 11) is 1.57. The molecule has 0 amide bonds. The number of ether oxygens (including phenoxy) is 1. The van der Waals surface area contributed by atoms with Crippen LogP contribution < -0.4 is 4.74 Å². The fourth-order valence-electron chi connectivity index (χ4n) is 4.63. The summed E-state index contributed by atoms with van der Waals surface area (Å²) in [6, 6.07) is 11.8. The average Bonchev–Trinajstić information content (AvgIpc) is 3.28. The van der Waals surface area contributed by atoms with E-state index in [1.165, 1.54) is 0 Å². The van der Waals surface area contributed by atoms with Crippen LogP contribution in [0.1, 0.15) is 38.3 Å². The second-order valence-electron chi connectivity index (χ2n) is 9.60. The van der Waals surface area contributed by atoms with Crippen LogP contribution in [0.4, 0.5) is 8.78 Å². The molecule has 0 N–H and O–H groups in total. The molecule has 0 atom stereocenters. The molecule has 0 aliphatic heterocycles. The van der Waals surface area contributed by atoms with Gasteiger partial charge in [-0.1, -0.05) is 25.1 Å². The number of pyridine rings is 1. The molecule has 1 fully saturated rings. The van der Waals surface area contributed by atoms with E-state index in [4.69, 9.17) is 9.72 Å². The van der Waals surface area contributed by atoms with Gasteiger partial charge in [0.1, 0.15) is 0 Å². The van der Waals surface area contributed by atoms with E-state index < -0.39 is 5.92 Å². The summed E-state index contributed by atoms with van der Waals surface area (Å²) >= 11 is 0. The lowest BCUT2D eigenvalue weighted by Gasteiger charge is -2.37. The first kappa shape index (κ1) is 22.4. The number of aromatic nitrogens is 5. The third-order valence-corrected chi connectivity index (χ3v) is 6.76. The molecule has 3 aromatic heterocycles. The maximum absolute atomic E-state index is 13.6. The summed E-state index contributed by atoms with van der Waals surface area (Å²) in [5.41, 5.74) is 5.14. The Bertz CT molecular complexity index is 1340. The largest absolute Gasteiger partial charge is 0.480 e. The molecule has 1 saturated carbocycles. The van der Waals surface area contributed by atoms with Crippen molar-refractivity contribution in [3.63, 3.8) is 0 Å². The maximum Gasteiger partial charge on any atom is 0.248 e. The maximum atomic E-state index is 13.6. The first-order valence-corrected chi connectivity index (χ1v) is 11.4. The highest BCUT2D eigenvalue weighted by molar-refractivity contribution is 5.88. The van der Waals surface area contributed by atoms with Crippen LogP contribution in [-0.2, 0) is 6.54 Å². The molecule has 1 aliphatic carbocycles. The third-order valence-electron chi connectivity index (χ3n) is 6.76. The number of hydrogen-bond donors (Lipinski definition) is 0. The highest BCUT2D eigenvalue weighted by atomic mass is 19.3. The van der Waals surface area contributed by atoms with Gasteiger partial charge in [-0.05, 0) is 37.3 Å². The summed E-state index contributed by atoms with van der Waals surface area (Å²) in [6.07, 6.45) is 4.69. The summed E-state index contributed by atoms with van der Waals surface area (Å²) < 4.78 is 34.3.